The molecule has 0 radical (unpaired) electrons. The first-order valence-electron chi connectivity index (χ1n) is 8.78. The maximum absolute atomic E-state index is 11.9. The lowest BCUT2D eigenvalue weighted by Crippen LogP contribution is -2.30. The second kappa shape index (κ2) is 9.55. The predicted molar refractivity (Wildman–Crippen MR) is 111 cm³/mol. The molecule has 5 nitrogen and oxygen atoms in total. The molecule has 0 aliphatic heterocycles. The minimum atomic E-state index is -0.216. The van der Waals surface area contributed by atoms with E-state index < -0.39 is 0 Å². The number of aliphatic hydroxyl groups excluding tert-OH is 1. The summed E-state index contributed by atoms with van der Waals surface area (Å²) in [6, 6.07) is 16.9. The van der Waals surface area contributed by atoms with Crippen LogP contribution in [0.5, 0.6) is 5.75 Å². The zero-order valence-electron chi connectivity index (χ0n) is 15.4. The third-order valence-electron chi connectivity index (χ3n) is 4.22. The molecule has 0 aliphatic rings. The number of aromatic nitrogens is 1. The minimum absolute atomic E-state index is 0. The van der Waals surface area contributed by atoms with Gasteiger partial charge in [-0.05, 0) is 23.3 Å². The highest BCUT2D eigenvalue weighted by molar-refractivity contribution is 5.88. The van der Waals surface area contributed by atoms with Crippen LogP contribution in [0.15, 0.2) is 59.4 Å². The average Bonchev–Trinajstić information content (AvgIpc) is 2.65. The van der Waals surface area contributed by atoms with Gasteiger partial charge in [-0.3, -0.25) is 4.79 Å². The second-order valence-electron chi connectivity index (χ2n) is 6.59. The summed E-state index contributed by atoms with van der Waals surface area (Å²) in [6.45, 7) is 4.45. The smallest absolute Gasteiger partial charge is 0.248 e. The average molecular weight is 389 g/mol. The van der Waals surface area contributed by atoms with Gasteiger partial charge < -0.3 is 20.1 Å². The standard InChI is InChI=1S/C21H24N2O3.ClH/c1-14(2)22-18(12-24)16-8-10-19(21-17(16)9-11-20(25)23-21)26-13-15-6-4-3-5-7-15;/h3-11,14,18,22,24H,12-13H2,1-2H3,(H,23,25);1H. The molecule has 0 fully saturated rings. The summed E-state index contributed by atoms with van der Waals surface area (Å²) in [5.74, 6) is 0.617. The number of benzene rings is 2. The quantitative estimate of drug-likeness (QED) is 0.578. The molecule has 1 heterocycles. The highest BCUT2D eigenvalue weighted by atomic mass is 35.5. The van der Waals surface area contributed by atoms with Crippen LogP contribution in [-0.2, 0) is 6.61 Å². The zero-order chi connectivity index (χ0) is 18.5. The second-order valence-corrected chi connectivity index (χ2v) is 6.59. The number of fused-ring (bicyclic) bond motifs is 1. The van der Waals surface area contributed by atoms with Crippen molar-refractivity contribution < 1.29 is 9.84 Å². The van der Waals surface area contributed by atoms with Crippen LogP contribution in [0.4, 0.5) is 0 Å². The van der Waals surface area contributed by atoms with Crippen molar-refractivity contribution in [1.29, 1.82) is 0 Å². The molecule has 3 aromatic rings. The van der Waals surface area contributed by atoms with Crippen molar-refractivity contribution in [3.63, 3.8) is 0 Å². The molecule has 0 amide bonds. The molecule has 1 atom stereocenters. The summed E-state index contributed by atoms with van der Waals surface area (Å²) >= 11 is 0. The zero-order valence-corrected chi connectivity index (χ0v) is 16.3. The first-order chi connectivity index (χ1) is 12.6. The Kier molecular flexibility index (Phi) is 7.42. The normalized spacial score (nSPS) is 12.0. The highest BCUT2D eigenvalue weighted by Gasteiger charge is 2.17. The summed E-state index contributed by atoms with van der Waals surface area (Å²) in [5.41, 5.74) is 2.45. The SMILES string of the molecule is CC(C)NC(CO)c1ccc(OCc2ccccc2)c2[nH]c(=O)ccc12.Cl. The van der Waals surface area contributed by atoms with Gasteiger partial charge in [-0.25, -0.2) is 0 Å². The summed E-state index contributed by atoms with van der Waals surface area (Å²) in [6.07, 6.45) is 0. The van der Waals surface area contributed by atoms with Crippen LogP contribution in [0.25, 0.3) is 10.9 Å². The van der Waals surface area contributed by atoms with Crippen LogP contribution in [0.1, 0.15) is 31.0 Å². The molecule has 0 saturated heterocycles. The maximum Gasteiger partial charge on any atom is 0.248 e. The highest BCUT2D eigenvalue weighted by Crippen LogP contribution is 2.30. The first-order valence-corrected chi connectivity index (χ1v) is 8.78. The van der Waals surface area contributed by atoms with E-state index in [4.69, 9.17) is 4.74 Å². The van der Waals surface area contributed by atoms with Crippen LogP contribution >= 0.6 is 12.4 Å². The summed E-state index contributed by atoms with van der Waals surface area (Å²) in [5, 5.41) is 14.0. The number of hydrogen-bond donors (Lipinski definition) is 3. The third kappa shape index (κ3) is 5.10. The van der Waals surface area contributed by atoms with Gasteiger partial charge in [-0.15, -0.1) is 12.4 Å². The minimum Gasteiger partial charge on any atom is -0.487 e. The Morgan fingerprint density at radius 2 is 1.81 bits per heavy atom. The van der Waals surface area contributed by atoms with Crippen molar-refractivity contribution in [1.82, 2.24) is 10.3 Å². The summed E-state index contributed by atoms with van der Waals surface area (Å²) in [7, 11) is 0. The number of pyridine rings is 1. The monoisotopic (exact) mass is 388 g/mol. The fourth-order valence-corrected chi connectivity index (χ4v) is 3.05. The van der Waals surface area contributed by atoms with Crippen molar-refractivity contribution in [2.24, 2.45) is 0 Å². The largest absolute Gasteiger partial charge is 0.487 e. The molecule has 0 spiro atoms. The van der Waals surface area contributed by atoms with Gasteiger partial charge in [0.05, 0.1) is 18.2 Å². The van der Waals surface area contributed by atoms with Crippen LogP contribution in [-0.4, -0.2) is 22.7 Å². The van der Waals surface area contributed by atoms with Gasteiger partial charge >= 0.3 is 0 Å². The fourth-order valence-electron chi connectivity index (χ4n) is 3.05. The van der Waals surface area contributed by atoms with Crippen LogP contribution in [0, 0.1) is 0 Å². The molecule has 1 aromatic heterocycles. The lowest BCUT2D eigenvalue weighted by Gasteiger charge is -2.22. The van der Waals surface area contributed by atoms with Crippen LogP contribution in [0.3, 0.4) is 0 Å². The van der Waals surface area contributed by atoms with E-state index in [2.05, 4.69) is 10.3 Å². The number of nitrogens with one attached hydrogen (secondary N) is 2. The molecular weight excluding hydrogens is 364 g/mol. The molecule has 27 heavy (non-hydrogen) atoms. The van der Waals surface area contributed by atoms with E-state index in [1.54, 1.807) is 6.07 Å². The molecule has 6 heteroatoms. The van der Waals surface area contributed by atoms with Gasteiger partial charge in [0.15, 0.2) is 0 Å². The van der Waals surface area contributed by atoms with Gasteiger partial charge in [0.25, 0.3) is 0 Å². The molecule has 1 unspecified atom stereocenters. The van der Waals surface area contributed by atoms with E-state index in [9.17, 15) is 9.90 Å². The molecule has 0 bridgehead atoms. The van der Waals surface area contributed by atoms with Gasteiger partial charge in [-0.1, -0.05) is 50.2 Å². The number of rotatable bonds is 7. The van der Waals surface area contributed by atoms with Crippen molar-refractivity contribution >= 4 is 23.3 Å². The van der Waals surface area contributed by atoms with E-state index in [1.165, 1.54) is 6.07 Å². The molecule has 3 N–H and O–H groups in total. The van der Waals surface area contributed by atoms with E-state index in [1.807, 2.05) is 56.3 Å². The Morgan fingerprint density at radius 3 is 2.48 bits per heavy atom. The number of hydrogen-bond acceptors (Lipinski definition) is 4. The molecule has 2 aromatic carbocycles. The Labute approximate surface area is 164 Å². The third-order valence-corrected chi connectivity index (χ3v) is 4.22. The van der Waals surface area contributed by atoms with Gasteiger partial charge in [0, 0.05) is 17.5 Å². The topological polar surface area (TPSA) is 74.3 Å². The van der Waals surface area contributed by atoms with Crippen LogP contribution in [0.2, 0.25) is 0 Å². The summed E-state index contributed by atoms with van der Waals surface area (Å²) in [4.78, 5) is 14.7. The molecular formula is C21H25ClN2O3. The Bertz CT molecular complexity index is 926. The van der Waals surface area contributed by atoms with E-state index in [-0.39, 0.29) is 36.7 Å². The van der Waals surface area contributed by atoms with Crippen molar-refractivity contribution in [2.45, 2.75) is 32.5 Å². The number of aliphatic hydroxyl groups is 1. The lowest BCUT2D eigenvalue weighted by molar-refractivity contribution is 0.238. The number of ether oxygens (including phenoxy) is 1. The number of halogens is 1. The number of aromatic amines is 1. The van der Waals surface area contributed by atoms with Crippen molar-refractivity contribution in [3.8, 4) is 5.75 Å². The first kappa shape index (κ1) is 21.0. The lowest BCUT2D eigenvalue weighted by atomic mass is 10.0. The molecule has 0 saturated carbocycles. The predicted octanol–water partition coefficient (Wildman–Crippen LogP) is 3.56. The number of H-pyrrole nitrogens is 1. The van der Waals surface area contributed by atoms with Gasteiger partial charge in [0.2, 0.25) is 5.56 Å². The molecule has 0 aliphatic carbocycles. The van der Waals surface area contributed by atoms with Crippen molar-refractivity contribution in [2.75, 3.05) is 6.61 Å². The van der Waals surface area contributed by atoms with Gasteiger partial charge in [-0.2, -0.15) is 0 Å². The Balaban J connectivity index is 0.00000261. The molecule has 3 rings (SSSR count). The van der Waals surface area contributed by atoms with Crippen molar-refractivity contribution in [3.05, 3.63) is 76.1 Å². The van der Waals surface area contributed by atoms with E-state index >= 15 is 0 Å². The Morgan fingerprint density at radius 1 is 1.07 bits per heavy atom. The molecule has 144 valence electrons. The summed E-state index contributed by atoms with van der Waals surface area (Å²) < 4.78 is 5.96. The van der Waals surface area contributed by atoms with Crippen LogP contribution < -0.4 is 15.6 Å². The Hall–Kier alpha value is -2.34. The van der Waals surface area contributed by atoms with Gasteiger partial charge in [0.1, 0.15) is 12.4 Å². The van der Waals surface area contributed by atoms with E-state index in [0.29, 0.717) is 17.9 Å². The maximum atomic E-state index is 11.9. The fraction of sp³-hybridized carbons (Fsp3) is 0.286. The van der Waals surface area contributed by atoms with E-state index in [0.717, 1.165) is 16.5 Å².